The summed E-state index contributed by atoms with van der Waals surface area (Å²) in [5.41, 5.74) is 0. The standard InChI is InChI=1S/C23H38N2O5S/c1-4-5-6-7-8-9-10-11-16-24-23(26)20-13-12-17-25(20)31(27,28)19-14-15-21(29-2)22(18-19)30-3/h14-15,18,20H,4-13,16-17H2,1-3H3,(H,24,26). The van der Waals surface area contributed by atoms with Crippen LogP contribution < -0.4 is 14.8 Å². The van der Waals surface area contributed by atoms with Crippen molar-refractivity contribution in [3.63, 3.8) is 0 Å². The lowest BCUT2D eigenvalue weighted by Gasteiger charge is -2.24. The van der Waals surface area contributed by atoms with Gasteiger partial charge in [-0.1, -0.05) is 51.9 Å². The number of hydrogen-bond acceptors (Lipinski definition) is 5. The van der Waals surface area contributed by atoms with Crippen LogP contribution in [-0.4, -0.2) is 52.0 Å². The zero-order valence-electron chi connectivity index (χ0n) is 19.2. The van der Waals surface area contributed by atoms with Crippen LogP contribution in [0.5, 0.6) is 11.5 Å². The molecule has 1 amide bonds. The largest absolute Gasteiger partial charge is 0.493 e. The molecule has 0 aromatic heterocycles. The van der Waals surface area contributed by atoms with Crippen molar-refractivity contribution in [1.82, 2.24) is 9.62 Å². The van der Waals surface area contributed by atoms with Crippen LogP contribution in [0.4, 0.5) is 0 Å². The number of nitrogens with zero attached hydrogens (tertiary/aromatic N) is 1. The van der Waals surface area contributed by atoms with E-state index in [0.717, 1.165) is 12.8 Å². The molecule has 0 saturated carbocycles. The predicted molar refractivity (Wildman–Crippen MR) is 122 cm³/mol. The highest BCUT2D eigenvalue weighted by Crippen LogP contribution is 2.33. The number of amides is 1. The molecular formula is C23H38N2O5S. The van der Waals surface area contributed by atoms with Crippen molar-refractivity contribution in [3.8, 4) is 11.5 Å². The van der Waals surface area contributed by atoms with Crippen molar-refractivity contribution in [2.24, 2.45) is 0 Å². The summed E-state index contributed by atoms with van der Waals surface area (Å²) in [6.45, 7) is 3.15. The molecule has 1 unspecified atom stereocenters. The van der Waals surface area contributed by atoms with Gasteiger partial charge in [0.05, 0.1) is 19.1 Å². The minimum Gasteiger partial charge on any atom is -0.493 e. The average Bonchev–Trinajstić information content (AvgIpc) is 3.28. The third-order valence-electron chi connectivity index (χ3n) is 5.80. The van der Waals surface area contributed by atoms with E-state index in [4.69, 9.17) is 9.47 Å². The van der Waals surface area contributed by atoms with Crippen LogP contribution >= 0.6 is 0 Å². The van der Waals surface area contributed by atoms with E-state index in [-0.39, 0.29) is 10.8 Å². The first-order valence-electron chi connectivity index (χ1n) is 11.5. The molecule has 1 aromatic carbocycles. The highest BCUT2D eigenvalue weighted by atomic mass is 32.2. The fourth-order valence-electron chi connectivity index (χ4n) is 3.99. The highest BCUT2D eigenvalue weighted by Gasteiger charge is 2.39. The molecule has 1 saturated heterocycles. The highest BCUT2D eigenvalue weighted by molar-refractivity contribution is 7.89. The van der Waals surface area contributed by atoms with Gasteiger partial charge < -0.3 is 14.8 Å². The third-order valence-corrected chi connectivity index (χ3v) is 7.70. The summed E-state index contributed by atoms with van der Waals surface area (Å²) in [5.74, 6) is 0.602. The number of ether oxygens (including phenoxy) is 2. The van der Waals surface area contributed by atoms with E-state index in [1.165, 1.54) is 69.2 Å². The maximum Gasteiger partial charge on any atom is 0.243 e. The molecular weight excluding hydrogens is 416 g/mol. The number of rotatable bonds is 14. The summed E-state index contributed by atoms with van der Waals surface area (Å²) >= 11 is 0. The Balaban J connectivity index is 1.88. The molecule has 7 nitrogen and oxygen atoms in total. The minimum absolute atomic E-state index is 0.105. The number of methoxy groups -OCH3 is 2. The van der Waals surface area contributed by atoms with Gasteiger partial charge in [0.25, 0.3) is 0 Å². The van der Waals surface area contributed by atoms with Crippen molar-refractivity contribution in [3.05, 3.63) is 18.2 Å². The second-order valence-electron chi connectivity index (χ2n) is 8.06. The fourth-order valence-corrected chi connectivity index (χ4v) is 5.66. The molecule has 0 aliphatic carbocycles. The Morgan fingerprint density at radius 1 is 1.03 bits per heavy atom. The first-order valence-corrected chi connectivity index (χ1v) is 12.9. The first-order chi connectivity index (χ1) is 15.0. The number of unbranched alkanes of at least 4 members (excludes halogenated alkanes) is 7. The Kier molecular flexibility index (Phi) is 10.6. The lowest BCUT2D eigenvalue weighted by molar-refractivity contribution is -0.124. The molecule has 1 atom stereocenters. The first kappa shape index (κ1) is 25.5. The van der Waals surface area contributed by atoms with Gasteiger partial charge >= 0.3 is 0 Å². The summed E-state index contributed by atoms with van der Waals surface area (Å²) in [4.78, 5) is 12.8. The van der Waals surface area contributed by atoms with Crippen LogP contribution in [-0.2, 0) is 14.8 Å². The topological polar surface area (TPSA) is 84.9 Å². The Hall–Kier alpha value is -1.80. The van der Waals surface area contributed by atoms with Crippen LogP contribution in [0, 0.1) is 0 Å². The van der Waals surface area contributed by atoms with Crippen LogP contribution in [0.15, 0.2) is 23.1 Å². The van der Waals surface area contributed by atoms with Crippen molar-refractivity contribution in [1.29, 1.82) is 0 Å². The smallest absolute Gasteiger partial charge is 0.243 e. The van der Waals surface area contributed by atoms with Gasteiger partial charge in [0.2, 0.25) is 15.9 Å². The number of benzene rings is 1. The van der Waals surface area contributed by atoms with Crippen molar-refractivity contribution < 1.29 is 22.7 Å². The molecule has 1 aliphatic heterocycles. The number of carbonyl (C=O) groups is 1. The molecule has 1 N–H and O–H groups in total. The lowest BCUT2D eigenvalue weighted by atomic mass is 10.1. The van der Waals surface area contributed by atoms with E-state index in [0.29, 0.717) is 37.4 Å². The molecule has 2 rings (SSSR count). The van der Waals surface area contributed by atoms with Gasteiger partial charge in [0, 0.05) is 19.2 Å². The van der Waals surface area contributed by atoms with Gasteiger partial charge in [0.1, 0.15) is 6.04 Å². The molecule has 1 aliphatic rings. The van der Waals surface area contributed by atoms with E-state index >= 15 is 0 Å². The minimum atomic E-state index is -3.80. The molecule has 0 bridgehead atoms. The number of carbonyl (C=O) groups excluding carboxylic acids is 1. The summed E-state index contributed by atoms with van der Waals surface area (Å²) in [7, 11) is -0.841. The summed E-state index contributed by atoms with van der Waals surface area (Å²) < 4.78 is 38.1. The fraction of sp³-hybridized carbons (Fsp3) is 0.696. The molecule has 0 spiro atoms. The van der Waals surface area contributed by atoms with Gasteiger partial charge in [-0.25, -0.2) is 8.42 Å². The van der Waals surface area contributed by atoms with E-state index < -0.39 is 16.1 Å². The zero-order valence-corrected chi connectivity index (χ0v) is 20.0. The Bertz CT molecular complexity index is 797. The van der Waals surface area contributed by atoms with Crippen LogP contribution in [0.2, 0.25) is 0 Å². The summed E-state index contributed by atoms with van der Waals surface area (Å²) in [6, 6.07) is 3.85. The second kappa shape index (κ2) is 12.9. The van der Waals surface area contributed by atoms with Gasteiger partial charge in [-0.2, -0.15) is 4.31 Å². The van der Waals surface area contributed by atoms with E-state index in [1.807, 2.05) is 0 Å². The lowest BCUT2D eigenvalue weighted by Crippen LogP contribution is -2.46. The molecule has 8 heteroatoms. The number of nitrogens with one attached hydrogen (secondary N) is 1. The Labute approximate surface area is 187 Å². The monoisotopic (exact) mass is 454 g/mol. The van der Waals surface area contributed by atoms with Gasteiger partial charge in [-0.3, -0.25) is 4.79 Å². The van der Waals surface area contributed by atoms with Gasteiger partial charge in [-0.15, -0.1) is 0 Å². The van der Waals surface area contributed by atoms with E-state index in [2.05, 4.69) is 12.2 Å². The Morgan fingerprint density at radius 3 is 2.32 bits per heavy atom. The SMILES string of the molecule is CCCCCCCCCCNC(=O)C1CCCN1S(=O)(=O)c1ccc(OC)c(OC)c1. The number of hydrogen-bond donors (Lipinski definition) is 1. The van der Waals surface area contributed by atoms with Crippen molar-refractivity contribution in [2.45, 2.75) is 82.1 Å². The van der Waals surface area contributed by atoms with Crippen molar-refractivity contribution in [2.75, 3.05) is 27.3 Å². The molecule has 0 radical (unpaired) electrons. The molecule has 1 aromatic rings. The van der Waals surface area contributed by atoms with Crippen LogP contribution in [0.25, 0.3) is 0 Å². The summed E-state index contributed by atoms with van der Waals surface area (Å²) in [5, 5.41) is 2.94. The molecule has 176 valence electrons. The number of sulfonamides is 1. The predicted octanol–water partition coefficient (Wildman–Crippen LogP) is 4.11. The third kappa shape index (κ3) is 7.10. The van der Waals surface area contributed by atoms with Crippen LogP contribution in [0.1, 0.15) is 71.1 Å². The maximum atomic E-state index is 13.2. The van der Waals surface area contributed by atoms with Gasteiger partial charge in [0.15, 0.2) is 11.5 Å². The normalized spacial score (nSPS) is 16.9. The molecule has 1 fully saturated rings. The van der Waals surface area contributed by atoms with E-state index in [9.17, 15) is 13.2 Å². The van der Waals surface area contributed by atoms with Gasteiger partial charge in [-0.05, 0) is 31.4 Å². The molecule has 1 heterocycles. The van der Waals surface area contributed by atoms with E-state index in [1.54, 1.807) is 6.07 Å². The zero-order chi connectivity index (χ0) is 22.7. The Morgan fingerprint density at radius 2 is 1.68 bits per heavy atom. The second-order valence-corrected chi connectivity index (χ2v) is 9.95. The quantitative estimate of drug-likeness (QED) is 0.428. The average molecular weight is 455 g/mol. The van der Waals surface area contributed by atoms with Crippen molar-refractivity contribution >= 4 is 15.9 Å². The molecule has 31 heavy (non-hydrogen) atoms. The van der Waals surface area contributed by atoms with Crippen LogP contribution in [0.3, 0.4) is 0 Å². The summed E-state index contributed by atoms with van der Waals surface area (Å²) in [6.07, 6.45) is 10.8. The maximum absolute atomic E-state index is 13.2.